The average Bonchev–Trinajstić information content (AvgIpc) is 3.15. The van der Waals surface area contributed by atoms with Crippen LogP contribution in [-0.2, 0) is 23.4 Å². The first kappa shape index (κ1) is 26.8. The average molecular weight is 466 g/mol. The zero-order chi connectivity index (χ0) is 23.6. The van der Waals surface area contributed by atoms with Crippen LogP contribution in [0, 0.1) is 6.08 Å². The Bertz CT molecular complexity index is 899. The Morgan fingerprint density at radius 3 is 2.71 bits per heavy atom. The van der Waals surface area contributed by atoms with Crippen LogP contribution < -0.4 is 10.8 Å². The Morgan fingerprint density at radius 1 is 1.42 bits per heavy atom. The number of aliphatic hydroxyl groups excluding tert-OH is 1. The van der Waals surface area contributed by atoms with Gasteiger partial charge >= 0.3 is 19.8 Å². The predicted molar refractivity (Wildman–Crippen MR) is 108 cm³/mol. The SMILES string of the molecule is CC.CCOC(=O)CNP(=O)(O)OCC(CO)OC(C)n1cnc2c(N)nc(F)nc21. The molecule has 2 rings (SSSR count). The minimum absolute atomic E-state index is 0.0732. The molecule has 0 aromatic carbocycles. The highest BCUT2D eigenvalue weighted by atomic mass is 31.2. The Hall–Kier alpha value is -2.22. The zero-order valence-electron chi connectivity index (χ0n) is 17.7. The highest BCUT2D eigenvalue weighted by Crippen LogP contribution is 2.36. The topological polar surface area (TPSA) is 184 Å². The van der Waals surface area contributed by atoms with E-state index in [1.54, 1.807) is 13.8 Å². The van der Waals surface area contributed by atoms with Crippen LogP contribution in [0.5, 0.6) is 0 Å². The maximum atomic E-state index is 13.4. The fraction of sp³-hybridized carbons (Fsp3) is 0.625. The number of nitrogens with zero attached hydrogens (tertiary/aromatic N) is 4. The normalized spacial score (nSPS) is 14.9. The molecule has 0 aliphatic rings. The molecule has 13 nitrogen and oxygen atoms in total. The van der Waals surface area contributed by atoms with E-state index in [0.29, 0.717) is 0 Å². The minimum Gasteiger partial charge on any atom is -0.465 e. The van der Waals surface area contributed by atoms with Gasteiger partial charge in [-0.25, -0.2) is 14.6 Å². The summed E-state index contributed by atoms with van der Waals surface area (Å²) in [6.07, 6.45) is -1.59. The molecular weight excluding hydrogens is 438 g/mol. The lowest BCUT2D eigenvalue weighted by molar-refractivity contribution is -0.141. The first-order valence-corrected chi connectivity index (χ1v) is 11.0. The number of carbonyl (C=O) groups excluding carboxylic acids is 1. The van der Waals surface area contributed by atoms with Crippen LogP contribution in [-0.4, -0.2) is 68.0 Å². The number of carbonyl (C=O) groups is 1. The second-order valence-electron chi connectivity index (χ2n) is 5.70. The molecule has 31 heavy (non-hydrogen) atoms. The Morgan fingerprint density at radius 2 is 2.10 bits per heavy atom. The molecule has 0 bridgehead atoms. The van der Waals surface area contributed by atoms with Crippen molar-refractivity contribution in [2.75, 3.05) is 32.1 Å². The molecule has 15 heteroatoms. The molecule has 0 saturated carbocycles. The largest absolute Gasteiger partial charge is 0.465 e. The molecule has 2 aromatic rings. The monoisotopic (exact) mass is 466 g/mol. The highest BCUT2D eigenvalue weighted by Gasteiger charge is 2.25. The summed E-state index contributed by atoms with van der Waals surface area (Å²) in [4.78, 5) is 31.9. The van der Waals surface area contributed by atoms with Crippen molar-refractivity contribution in [3.05, 3.63) is 12.4 Å². The van der Waals surface area contributed by atoms with Gasteiger partial charge < -0.3 is 25.2 Å². The third-order valence-corrected chi connectivity index (χ3v) is 4.63. The second kappa shape index (κ2) is 12.6. The molecule has 0 amide bonds. The molecule has 0 fully saturated rings. The van der Waals surface area contributed by atoms with Gasteiger partial charge in [0.1, 0.15) is 18.9 Å². The van der Waals surface area contributed by atoms with E-state index in [4.69, 9.17) is 15.0 Å². The van der Waals surface area contributed by atoms with E-state index < -0.39 is 51.9 Å². The summed E-state index contributed by atoms with van der Waals surface area (Å²) >= 11 is 0. The van der Waals surface area contributed by atoms with Crippen LogP contribution in [0.2, 0.25) is 0 Å². The number of hydrogen-bond acceptors (Lipinski definition) is 10. The number of aromatic nitrogens is 4. The maximum absolute atomic E-state index is 13.4. The van der Waals surface area contributed by atoms with E-state index in [-0.39, 0.29) is 23.6 Å². The summed E-state index contributed by atoms with van der Waals surface area (Å²) in [5, 5.41) is 11.5. The summed E-state index contributed by atoms with van der Waals surface area (Å²) in [5.74, 6) is -0.871. The highest BCUT2D eigenvalue weighted by molar-refractivity contribution is 7.50. The van der Waals surface area contributed by atoms with Gasteiger partial charge in [0.25, 0.3) is 0 Å². The number of nitrogen functional groups attached to an aromatic ring is 1. The number of halogens is 1. The van der Waals surface area contributed by atoms with E-state index in [2.05, 4.69) is 19.7 Å². The Labute approximate surface area is 178 Å². The van der Waals surface area contributed by atoms with Crippen LogP contribution in [0.3, 0.4) is 0 Å². The van der Waals surface area contributed by atoms with Crippen molar-refractivity contribution in [3.8, 4) is 0 Å². The van der Waals surface area contributed by atoms with Gasteiger partial charge in [-0.3, -0.25) is 13.9 Å². The van der Waals surface area contributed by atoms with Gasteiger partial charge in [0.2, 0.25) is 0 Å². The first-order valence-electron chi connectivity index (χ1n) is 9.46. The minimum atomic E-state index is -4.34. The summed E-state index contributed by atoms with van der Waals surface area (Å²) in [6, 6.07) is 0. The van der Waals surface area contributed by atoms with Crippen LogP contribution in [0.15, 0.2) is 6.33 Å². The number of imidazole rings is 1. The van der Waals surface area contributed by atoms with Gasteiger partial charge in [-0.05, 0) is 13.8 Å². The van der Waals surface area contributed by atoms with Crippen molar-refractivity contribution in [1.82, 2.24) is 24.6 Å². The third-order valence-electron chi connectivity index (χ3n) is 3.57. The molecule has 0 aliphatic heterocycles. The number of hydrogen-bond donors (Lipinski definition) is 4. The molecule has 2 aromatic heterocycles. The van der Waals surface area contributed by atoms with Gasteiger partial charge in [-0.15, -0.1) is 0 Å². The molecule has 3 unspecified atom stereocenters. The lowest BCUT2D eigenvalue weighted by atomic mass is 10.4. The van der Waals surface area contributed by atoms with Crippen LogP contribution in [0.4, 0.5) is 10.2 Å². The number of aliphatic hydroxyl groups is 1. The molecule has 176 valence electrons. The van der Waals surface area contributed by atoms with E-state index in [0.717, 1.165) is 0 Å². The van der Waals surface area contributed by atoms with Gasteiger partial charge in [0, 0.05) is 0 Å². The van der Waals surface area contributed by atoms with Gasteiger partial charge in [-0.2, -0.15) is 14.4 Å². The number of nitrogens with one attached hydrogen (secondary N) is 1. The molecule has 5 N–H and O–H groups in total. The van der Waals surface area contributed by atoms with E-state index in [1.165, 1.54) is 10.9 Å². The molecule has 0 spiro atoms. The molecule has 0 saturated heterocycles. The van der Waals surface area contributed by atoms with Gasteiger partial charge in [0.15, 0.2) is 17.0 Å². The quantitative estimate of drug-likeness (QED) is 0.207. The molecular formula is C16H28FN6O7P. The summed E-state index contributed by atoms with van der Waals surface area (Å²) in [5.41, 5.74) is 5.84. The van der Waals surface area contributed by atoms with Crippen molar-refractivity contribution < 1.29 is 37.7 Å². The van der Waals surface area contributed by atoms with Crippen molar-refractivity contribution >= 4 is 30.7 Å². The second-order valence-corrected chi connectivity index (χ2v) is 7.31. The molecule has 2 heterocycles. The first-order chi connectivity index (χ1) is 14.7. The smallest absolute Gasteiger partial charge is 0.403 e. The van der Waals surface area contributed by atoms with Gasteiger partial charge in [0.05, 0.1) is 26.1 Å². The lowest BCUT2D eigenvalue weighted by Gasteiger charge is -2.23. The number of nitrogens with two attached hydrogens (primary N) is 1. The van der Waals surface area contributed by atoms with E-state index in [9.17, 15) is 23.7 Å². The van der Waals surface area contributed by atoms with Crippen molar-refractivity contribution in [2.24, 2.45) is 0 Å². The zero-order valence-corrected chi connectivity index (χ0v) is 18.6. The lowest BCUT2D eigenvalue weighted by Crippen LogP contribution is -2.29. The van der Waals surface area contributed by atoms with Crippen molar-refractivity contribution in [2.45, 2.75) is 40.0 Å². The predicted octanol–water partition coefficient (Wildman–Crippen LogP) is 0.739. The number of rotatable bonds is 11. The standard InChI is InChI=1S/C14H22FN6O7P.C2H6/c1-3-26-10(23)4-18-29(24,25)27-6-9(5-22)28-8(2)21-7-17-11-12(16)19-14(15)20-13(11)21;1-2/h7-9,22H,3-6H2,1-2H3,(H2,16,19,20)(H2,18,24,25);1-2H3. The Kier molecular flexibility index (Phi) is 10.9. The summed E-state index contributed by atoms with van der Waals surface area (Å²) < 4.78 is 41.7. The molecule has 0 radical (unpaired) electrons. The fourth-order valence-electron chi connectivity index (χ4n) is 2.26. The Balaban J connectivity index is 0.00000233. The van der Waals surface area contributed by atoms with Crippen LogP contribution in [0.1, 0.15) is 33.9 Å². The summed E-state index contributed by atoms with van der Waals surface area (Å²) in [6.45, 7) is 5.70. The van der Waals surface area contributed by atoms with E-state index in [1.807, 2.05) is 18.9 Å². The van der Waals surface area contributed by atoms with Crippen LogP contribution in [0.25, 0.3) is 11.2 Å². The van der Waals surface area contributed by atoms with Crippen molar-refractivity contribution in [3.63, 3.8) is 0 Å². The van der Waals surface area contributed by atoms with Crippen molar-refractivity contribution in [1.29, 1.82) is 0 Å². The number of ether oxygens (including phenoxy) is 2. The van der Waals surface area contributed by atoms with Crippen LogP contribution >= 0.6 is 7.75 Å². The van der Waals surface area contributed by atoms with E-state index >= 15 is 0 Å². The number of anilines is 1. The fourth-order valence-corrected chi connectivity index (χ4v) is 3.05. The maximum Gasteiger partial charge on any atom is 0.403 e. The number of esters is 1. The van der Waals surface area contributed by atoms with Gasteiger partial charge in [-0.1, -0.05) is 13.8 Å². The third kappa shape index (κ3) is 8.09. The number of fused-ring (bicyclic) bond motifs is 1. The summed E-state index contributed by atoms with van der Waals surface area (Å²) in [7, 11) is -4.34. The molecule has 3 atom stereocenters. The molecule has 0 aliphatic carbocycles.